The highest BCUT2D eigenvalue weighted by atomic mass is 16.5. The Labute approximate surface area is 282 Å². The van der Waals surface area contributed by atoms with Crippen LogP contribution in [0.5, 0.6) is 0 Å². The molecule has 4 aliphatic heterocycles. The molecule has 0 aliphatic carbocycles. The van der Waals surface area contributed by atoms with Gasteiger partial charge < -0.3 is 14.5 Å². The van der Waals surface area contributed by atoms with Crippen LogP contribution in [-0.2, 0) is 19.1 Å². The third-order valence-electron chi connectivity index (χ3n) is 10.7. The standard InChI is InChI=1S/C38H44N6O4/c1-24-31(14-15-34(45)47-5)38(18-16-35(46)48-6)26(3)37(17-8-20-40)25(2)32(9-7-19-39)36(4,44-37)23-30-13-12-28(42-30)21-27-10-11-29(41-27)22-33(24)43-38/h10-13,21-23,26,41,44H,7-9,14-18H2,1-6H3/b27-21-,29-22-,30-23-. The number of hydrogen-bond donors (Lipinski definition) is 2. The Bertz CT molecular complexity index is 1910. The molecule has 0 spiro atoms. The number of carbonyl (C=O) groups excluding carboxylic acids is 2. The molecule has 1 aromatic heterocycles. The van der Waals surface area contributed by atoms with Crippen molar-refractivity contribution in [3.8, 4) is 12.1 Å². The number of rotatable bonds is 10. The average Bonchev–Trinajstić information content (AvgIpc) is 3.82. The number of aromatic nitrogens is 1. The van der Waals surface area contributed by atoms with Crippen LogP contribution >= 0.6 is 0 Å². The molecule has 10 nitrogen and oxygen atoms in total. The first-order valence-corrected chi connectivity index (χ1v) is 16.5. The summed E-state index contributed by atoms with van der Waals surface area (Å²) < 4.78 is 10.2. The zero-order valence-corrected chi connectivity index (χ0v) is 28.7. The summed E-state index contributed by atoms with van der Waals surface area (Å²) >= 11 is 0. The van der Waals surface area contributed by atoms with E-state index in [1.807, 2.05) is 43.4 Å². The van der Waals surface area contributed by atoms with E-state index in [1.54, 1.807) is 0 Å². The van der Waals surface area contributed by atoms with E-state index in [-0.39, 0.29) is 37.1 Å². The number of esters is 2. The summed E-state index contributed by atoms with van der Waals surface area (Å²) in [6, 6.07) is 8.69. The van der Waals surface area contributed by atoms with Crippen LogP contribution in [0.1, 0.15) is 79.1 Å². The number of nitriles is 2. The van der Waals surface area contributed by atoms with E-state index >= 15 is 0 Å². The van der Waals surface area contributed by atoms with Crippen molar-refractivity contribution in [2.24, 2.45) is 15.9 Å². The van der Waals surface area contributed by atoms with Crippen molar-refractivity contribution >= 4 is 35.5 Å². The number of aliphatic imine (C=N–C) groups is 2. The van der Waals surface area contributed by atoms with Crippen molar-refractivity contribution in [2.45, 2.75) is 95.7 Å². The van der Waals surface area contributed by atoms with Crippen molar-refractivity contribution in [2.75, 3.05) is 14.2 Å². The largest absolute Gasteiger partial charge is 0.469 e. The number of nitrogens with zero attached hydrogens (tertiary/aromatic N) is 4. The summed E-state index contributed by atoms with van der Waals surface area (Å²) in [6.45, 7) is 8.38. The van der Waals surface area contributed by atoms with Crippen LogP contribution in [0.4, 0.5) is 0 Å². The number of allylic oxidation sites excluding steroid dienone is 3. The van der Waals surface area contributed by atoms with Crippen LogP contribution in [0.25, 0.3) is 12.2 Å². The highest BCUT2D eigenvalue weighted by Gasteiger charge is 2.58. The lowest BCUT2D eigenvalue weighted by atomic mass is 9.62. The molecule has 5 rings (SSSR count). The summed E-state index contributed by atoms with van der Waals surface area (Å²) in [5.74, 6) is -0.996. The Morgan fingerprint density at radius 1 is 0.938 bits per heavy atom. The number of methoxy groups -OCH3 is 2. The molecule has 2 N–H and O–H groups in total. The summed E-state index contributed by atoms with van der Waals surface area (Å²) in [5, 5.41) is 25.4. The van der Waals surface area contributed by atoms with Crippen LogP contribution in [0.3, 0.4) is 0 Å². The Balaban J connectivity index is 1.85. The summed E-state index contributed by atoms with van der Waals surface area (Å²) in [5.41, 5.74) is 3.99. The van der Waals surface area contributed by atoms with E-state index in [9.17, 15) is 20.1 Å². The first kappa shape index (κ1) is 34.5. The third kappa shape index (κ3) is 6.25. The van der Waals surface area contributed by atoms with Gasteiger partial charge in [0.05, 0.1) is 54.6 Å². The molecule has 0 amide bonds. The number of hydrogen-bond acceptors (Lipinski definition) is 9. The molecule has 48 heavy (non-hydrogen) atoms. The molecular formula is C38H44N6O4. The van der Waals surface area contributed by atoms with Crippen LogP contribution in [-0.4, -0.2) is 59.2 Å². The molecule has 0 aromatic carbocycles. The van der Waals surface area contributed by atoms with Crippen molar-refractivity contribution in [3.05, 3.63) is 69.0 Å². The van der Waals surface area contributed by atoms with Gasteiger partial charge in [-0.15, -0.1) is 0 Å². The molecule has 5 heterocycles. The Morgan fingerprint density at radius 2 is 1.62 bits per heavy atom. The fraction of sp³-hybridized carbons (Fsp3) is 0.474. The smallest absolute Gasteiger partial charge is 0.305 e. The van der Waals surface area contributed by atoms with E-state index in [1.165, 1.54) is 14.2 Å². The lowest BCUT2D eigenvalue weighted by Gasteiger charge is -2.48. The number of carbonyl (C=O) groups is 2. The maximum Gasteiger partial charge on any atom is 0.305 e. The first-order chi connectivity index (χ1) is 22.9. The van der Waals surface area contributed by atoms with Crippen LogP contribution in [0.15, 0.2) is 68.3 Å². The van der Waals surface area contributed by atoms with E-state index in [0.29, 0.717) is 32.1 Å². The molecule has 4 unspecified atom stereocenters. The Morgan fingerprint density at radius 3 is 2.31 bits per heavy atom. The number of H-pyrrole nitrogens is 1. The first-order valence-electron chi connectivity index (χ1n) is 16.5. The normalized spacial score (nSPS) is 29.8. The van der Waals surface area contributed by atoms with E-state index in [2.05, 4.69) is 49.3 Å². The minimum absolute atomic E-state index is 0.107. The monoisotopic (exact) mass is 648 g/mol. The average molecular weight is 649 g/mol. The lowest BCUT2D eigenvalue weighted by Crippen LogP contribution is -2.60. The Kier molecular flexibility index (Phi) is 9.89. The fourth-order valence-electron chi connectivity index (χ4n) is 8.25. The second-order valence-electron chi connectivity index (χ2n) is 13.2. The van der Waals surface area contributed by atoms with Crippen LogP contribution < -0.4 is 16.0 Å². The van der Waals surface area contributed by atoms with Gasteiger partial charge in [-0.3, -0.25) is 19.9 Å². The number of aromatic amines is 1. The van der Waals surface area contributed by atoms with E-state index in [4.69, 9.17) is 19.5 Å². The van der Waals surface area contributed by atoms with Gasteiger partial charge in [0, 0.05) is 47.8 Å². The topological polar surface area (TPSA) is 153 Å². The van der Waals surface area contributed by atoms with Crippen LogP contribution in [0, 0.1) is 28.6 Å². The van der Waals surface area contributed by atoms with Crippen molar-refractivity contribution < 1.29 is 19.1 Å². The quantitative estimate of drug-likeness (QED) is 0.279. The minimum Gasteiger partial charge on any atom is -0.469 e. The van der Waals surface area contributed by atoms with Gasteiger partial charge in [-0.2, -0.15) is 10.5 Å². The van der Waals surface area contributed by atoms with Gasteiger partial charge in [0.15, 0.2) is 0 Å². The highest BCUT2D eigenvalue weighted by Crippen LogP contribution is 2.55. The highest BCUT2D eigenvalue weighted by molar-refractivity contribution is 6.22. The molecule has 0 saturated heterocycles. The molecule has 250 valence electrons. The van der Waals surface area contributed by atoms with Crippen molar-refractivity contribution in [1.82, 2.24) is 10.3 Å². The van der Waals surface area contributed by atoms with Crippen molar-refractivity contribution in [3.63, 3.8) is 0 Å². The van der Waals surface area contributed by atoms with E-state index < -0.39 is 16.6 Å². The van der Waals surface area contributed by atoms with Gasteiger partial charge in [0.25, 0.3) is 0 Å². The van der Waals surface area contributed by atoms with Gasteiger partial charge in [-0.05, 0) is 106 Å². The molecule has 1 aromatic rings. The minimum atomic E-state index is -0.947. The maximum absolute atomic E-state index is 12.8. The predicted octanol–water partition coefficient (Wildman–Crippen LogP) is 4.56. The van der Waals surface area contributed by atoms with E-state index in [0.717, 1.165) is 50.1 Å². The fourth-order valence-corrected chi connectivity index (χ4v) is 8.25. The van der Waals surface area contributed by atoms with Crippen molar-refractivity contribution in [1.29, 1.82) is 10.5 Å². The summed E-state index contributed by atoms with van der Waals surface area (Å²) in [6.07, 6.45) is 12.7. The zero-order chi connectivity index (χ0) is 34.7. The molecule has 4 aliphatic rings. The predicted molar refractivity (Wildman–Crippen MR) is 185 cm³/mol. The van der Waals surface area contributed by atoms with Crippen LogP contribution in [0.2, 0.25) is 0 Å². The third-order valence-corrected chi connectivity index (χ3v) is 10.7. The zero-order valence-electron chi connectivity index (χ0n) is 28.7. The molecule has 4 atom stereocenters. The maximum atomic E-state index is 12.8. The second-order valence-corrected chi connectivity index (χ2v) is 13.2. The second kappa shape index (κ2) is 13.7. The van der Waals surface area contributed by atoms with Gasteiger partial charge in [-0.25, -0.2) is 4.99 Å². The molecular weight excluding hydrogens is 604 g/mol. The SMILES string of the molecule is COC(=O)CCC1=C(C)C2=NC1(CCC(=O)OC)C(C)C1(CCC#N)NC(C)(/C=C3/C=CC(=N3)/C=c3/cc/c([nH]3)=C/2)C(CCC#N)=C1C. The molecule has 0 fully saturated rings. The molecule has 0 saturated carbocycles. The molecule has 0 radical (unpaired) electrons. The Hall–Kier alpha value is -4.80. The van der Waals surface area contributed by atoms with Gasteiger partial charge in [-0.1, -0.05) is 12.5 Å². The number of ether oxygens (including phenoxy) is 2. The van der Waals surface area contributed by atoms with Gasteiger partial charge in [0.2, 0.25) is 0 Å². The number of nitrogens with one attached hydrogen (secondary N) is 2. The molecule has 10 heteroatoms. The summed E-state index contributed by atoms with van der Waals surface area (Å²) in [4.78, 5) is 39.3. The summed E-state index contributed by atoms with van der Waals surface area (Å²) in [7, 11) is 2.76. The number of fused-ring (bicyclic) bond motifs is 6. The molecule has 8 bridgehead atoms. The van der Waals surface area contributed by atoms with Gasteiger partial charge >= 0.3 is 11.9 Å². The lowest BCUT2D eigenvalue weighted by molar-refractivity contribution is -0.142. The van der Waals surface area contributed by atoms with Gasteiger partial charge in [0.1, 0.15) is 0 Å².